The SMILES string of the molecule is N#Cc1cc(F)cc(Oc2ccc3c(c2C#N)C(O)(C(F)(F)F)CS3)c1. The van der Waals surface area contributed by atoms with Crippen LogP contribution in [0.15, 0.2) is 35.2 Å². The van der Waals surface area contributed by atoms with Gasteiger partial charge in [-0.25, -0.2) is 4.39 Å². The van der Waals surface area contributed by atoms with E-state index in [2.05, 4.69) is 0 Å². The molecule has 3 rings (SSSR count). The van der Waals surface area contributed by atoms with Crippen molar-refractivity contribution in [2.45, 2.75) is 16.7 Å². The third-order valence-electron chi connectivity index (χ3n) is 3.79. The smallest absolute Gasteiger partial charge is 0.422 e. The van der Waals surface area contributed by atoms with Gasteiger partial charge in [-0.2, -0.15) is 23.7 Å². The van der Waals surface area contributed by atoms with Crippen LogP contribution < -0.4 is 4.74 Å². The van der Waals surface area contributed by atoms with Crippen LogP contribution in [-0.2, 0) is 5.60 Å². The van der Waals surface area contributed by atoms with Crippen LogP contribution in [0, 0.1) is 28.5 Å². The monoisotopic (exact) mass is 380 g/mol. The zero-order chi connectivity index (χ0) is 19.1. The van der Waals surface area contributed by atoms with Gasteiger partial charge in [0.05, 0.1) is 11.6 Å². The predicted molar refractivity (Wildman–Crippen MR) is 83.0 cm³/mol. The summed E-state index contributed by atoms with van der Waals surface area (Å²) < 4.78 is 58.9. The molecule has 2 aromatic rings. The summed E-state index contributed by atoms with van der Waals surface area (Å²) in [4.78, 5) is 0.116. The van der Waals surface area contributed by atoms with Crippen molar-refractivity contribution in [2.75, 3.05) is 5.75 Å². The largest absolute Gasteiger partial charge is 0.456 e. The van der Waals surface area contributed by atoms with E-state index in [1.54, 1.807) is 12.1 Å². The molecule has 0 fully saturated rings. The lowest BCUT2D eigenvalue weighted by molar-refractivity contribution is -0.256. The molecule has 26 heavy (non-hydrogen) atoms. The number of thioether (sulfide) groups is 1. The van der Waals surface area contributed by atoms with E-state index in [1.807, 2.05) is 0 Å². The fourth-order valence-electron chi connectivity index (χ4n) is 2.58. The van der Waals surface area contributed by atoms with Gasteiger partial charge in [0.25, 0.3) is 0 Å². The number of nitriles is 2. The summed E-state index contributed by atoms with van der Waals surface area (Å²) in [5, 5.41) is 28.4. The molecule has 132 valence electrons. The van der Waals surface area contributed by atoms with Gasteiger partial charge in [-0.3, -0.25) is 0 Å². The summed E-state index contributed by atoms with van der Waals surface area (Å²) in [5.41, 5.74) is -4.30. The number of halogens is 4. The summed E-state index contributed by atoms with van der Waals surface area (Å²) in [6, 6.07) is 8.98. The standard InChI is InChI=1S/C17H8F4N2O2S/c18-10-3-9(6-22)4-11(5-10)25-13-1-2-14-15(12(13)7-23)16(24,8-26-14)17(19,20)21/h1-5,24H,8H2. The number of hydrogen-bond acceptors (Lipinski definition) is 5. The van der Waals surface area contributed by atoms with Gasteiger partial charge >= 0.3 is 6.18 Å². The predicted octanol–water partition coefficient (Wildman–Crippen LogP) is 4.22. The minimum atomic E-state index is -4.98. The Balaban J connectivity index is 2.13. The molecule has 9 heteroatoms. The van der Waals surface area contributed by atoms with Gasteiger partial charge < -0.3 is 9.84 Å². The molecule has 0 spiro atoms. The Labute approximate surface area is 149 Å². The van der Waals surface area contributed by atoms with Crippen molar-refractivity contribution in [1.82, 2.24) is 0 Å². The summed E-state index contributed by atoms with van der Waals surface area (Å²) >= 11 is 0.775. The maximum atomic E-state index is 13.5. The second-order valence-corrected chi connectivity index (χ2v) is 6.48. The molecule has 0 amide bonds. The Bertz CT molecular complexity index is 978. The van der Waals surface area contributed by atoms with Gasteiger partial charge in [0.1, 0.15) is 28.9 Å². The molecule has 0 radical (unpaired) electrons. The minimum Gasteiger partial charge on any atom is -0.456 e. The van der Waals surface area contributed by atoms with Crippen molar-refractivity contribution >= 4 is 11.8 Å². The Morgan fingerprint density at radius 2 is 1.88 bits per heavy atom. The molecule has 0 saturated carbocycles. The van der Waals surface area contributed by atoms with Gasteiger partial charge in [0, 0.05) is 22.3 Å². The second kappa shape index (κ2) is 6.20. The van der Waals surface area contributed by atoms with E-state index >= 15 is 0 Å². The first-order valence-electron chi connectivity index (χ1n) is 7.07. The van der Waals surface area contributed by atoms with Crippen LogP contribution >= 0.6 is 11.8 Å². The van der Waals surface area contributed by atoms with Gasteiger partial charge in [0.15, 0.2) is 5.60 Å². The summed E-state index contributed by atoms with van der Waals surface area (Å²) in [5.74, 6) is -1.88. The highest BCUT2D eigenvalue weighted by molar-refractivity contribution is 7.99. The number of rotatable bonds is 2. The quantitative estimate of drug-likeness (QED) is 0.790. The van der Waals surface area contributed by atoms with Gasteiger partial charge in [-0.1, -0.05) is 0 Å². The third kappa shape index (κ3) is 2.85. The average molecular weight is 380 g/mol. The Morgan fingerprint density at radius 3 is 2.50 bits per heavy atom. The van der Waals surface area contributed by atoms with Crippen molar-refractivity contribution in [3.63, 3.8) is 0 Å². The average Bonchev–Trinajstić information content (AvgIpc) is 2.93. The van der Waals surface area contributed by atoms with Crippen LogP contribution in [0.4, 0.5) is 17.6 Å². The van der Waals surface area contributed by atoms with Crippen LogP contribution in [0.2, 0.25) is 0 Å². The third-order valence-corrected chi connectivity index (χ3v) is 5.00. The number of ether oxygens (including phenoxy) is 1. The summed E-state index contributed by atoms with van der Waals surface area (Å²) in [6.07, 6.45) is -4.98. The molecule has 1 aliphatic rings. The van der Waals surface area contributed by atoms with E-state index in [-0.39, 0.29) is 22.0 Å². The lowest BCUT2D eigenvalue weighted by Crippen LogP contribution is -2.43. The number of aliphatic hydroxyl groups is 1. The lowest BCUT2D eigenvalue weighted by atomic mass is 9.91. The highest BCUT2D eigenvalue weighted by atomic mass is 32.2. The maximum absolute atomic E-state index is 13.5. The van der Waals surface area contributed by atoms with Crippen LogP contribution in [0.1, 0.15) is 16.7 Å². The molecular formula is C17H8F4N2O2S. The molecule has 0 saturated heterocycles. The summed E-state index contributed by atoms with van der Waals surface area (Å²) in [7, 11) is 0. The number of hydrogen-bond donors (Lipinski definition) is 1. The Kier molecular flexibility index (Phi) is 4.31. The van der Waals surface area contributed by atoms with E-state index in [0.29, 0.717) is 0 Å². The molecule has 1 heterocycles. The molecule has 1 N–H and O–H groups in total. The van der Waals surface area contributed by atoms with Crippen LogP contribution in [0.3, 0.4) is 0 Å². The molecular weight excluding hydrogens is 372 g/mol. The molecule has 1 aliphatic heterocycles. The van der Waals surface area contributed by atoms with Crippen molar-refractivity contribution in [1.29, 1.82) is 10.5 Å². The van der Waals surface area contributed by atoms with Crippen LogP contribution in [0.25, 0.3) is 0 Å². The molecule has 4 nitrogen and oxygen atoms in total. The molecule has 1 atom stereocenters. The maximum Gasteiger partial charge on any atom is 0.422 e. The van der Waals surface area contributed by atoms with Gasteiger partial charge in [-0.15, -0.1) is 11.8 Å². The summed E-state index contributed by atoms with van der Waals surface area (Å²) in [6.45, 7) is 0. The highest BCUT2D eigenvalue weighted by Crippen LogP contribution is 2.53. The van der Waals surface area contributed by atoms with Gasteiger partial charge in [0.2, 0.25) is 0 Å². The van der Waals surface area contributed by atoms with E-state index in [1.165, 1.54) is 18.2 Å². The molecule has 2 aromatic carbocycles. The first kappa shape index (κ1) is 18.1. The number of alkyl halides is 3. The van der Waals surface area contributed by atoms with E-state index in [0.717, 1.165) is 23.9 Å². The Hall–Kier alpha value is -2.75. The number of benzene rings is 2. The number of fused-ring (bicyclic) bond motifs is 1. The first-order valence-corrected chi connectivity index (χ1v) is 8.06. The molecule has 1 unspecified atom stereocenters. The zero-order valence-corrected chi connectivity index (χ0v) is 13.6. The topological polar surface area (TPSA) is 77.0 Å². The van der Waals surface area contributed by atoms with Crippen LogP contribution in [-0.4, -0.2) is 17.0 Å². The van der Waals surface area contributed by atoms with Crippen molar-refractivity contribution in [3.8, 4) is 23.6 Å². The lowest BCUT2D eigenvalue weighted by Gasteiger charge is -2.27. The molecule has 0 aromatic heterocycles. The van der Waals surface area contributed by atoms with E-state index in [4.69, 9.17) is 10.00 Å². The normalized spacial score (nSPS) is 18.7. The van der Waals surface area contributed by atoms with Crippen LogP contribution in [0.5, 0.6) is 11.5 Å². The molecule has 0 aliphatic carbocycles. The number of nitrogens with zero attached hydrogens (tertiary/aromatic N) is 2. The second-order valence-electron chi connectivity index (χ2n) is 5.46. The molecule has 0 bridgehead atoms. The Morgan fingerprint density at radius 1 is 1.15 bits per heavy atom. The highest BCUT2D eigenvalue weighted by Gasteiger charge is 2.60. The fourth-order valence-corrected chi connectivity index (χ4v) is 3.83. The van der Waals surface area contributed by atoms with Gasteiger partial charge in [-0.05, 0) is 24.3 Å². The van der Waals surface area contributed by atoms with E-state index < -0.39 is 34.5 Å². The van der Waals surface area contributed by atoms with E-state index in [9.17, 15) is 27.9 Å². The van der Waals surface area contributed by atoms with Crippen molar-refractivity contribution in [3.05, 3.63) is 52.8 Å². The first-order chi connectivity index (χ1) is 12.2. The fraction of sp³-hybridized carbons (Fsp3) is 0.176. The van der Waals surface area contributed by atoms with Crippen molar-refractivity contribution < 1.29 is 27.4 Å². The van der Waals surface area contributed by atoms with Crippen molar-refractivity contribution in [2.24, 2.45) is 0 Å². The zero-order valence-electron chi connectivity index (χ0n) is 12.8. The minimum absolute atomic E-state index is 0.0537.